The molecule has 0 aliphatic carbocycles. The fourth-order valence-corrected chi connectivity index (χ4v) is 2.25. The average Bonchev–Trinajstić information content (AvgIpc) is 2.65. The lowest BCUT2D eigenvalue weighted by atomic mass is 10.0. The highest BCUT2D eigenvalue weighted by Crippen LogP contribution is 2.30. The first kappa shape index (κ1) is 12.8. The van der Waals surface area contributed by atoms with Crippen molar-refractivity contribution >= 4 is 0 Å². The highest BCUT2D eigenvalue weighted by Gasteiger charge is 2.38. The third kappa shape index (κ3) is 2.46. The summed E-state index contributed by atoms with van der Waals surface area (Å²) in [6.07, 6.45) is 0.184. The molecule has 0 bridgehead atoms. The molecule has 5 unspecified atom stereocenters. The van der Waals surface area contributed by atoms with E-state index >= 15 is 0 Å². The largest absolute Gasteiger partial charge is 0.394 e. The number of aliphatic hydroxyl groups is 3. The molecule has 17 heavy (non-hydrogen) atoms. The minimum absolute atomic E-state index is 0.0135. The lowest BCUT2D eigenvalue weighted by molar-refractivity contribution is -0.137. The van der Waals surface area contributed by atoms with Crippen molar-refractivity contribution in [1.29, 1.82) is 0 Å². The lowest BCUT2D eigenvalue weighted by Crippen LogP contribution is -2.55. The smallest absolute Gasteiger partial charge is 0.187 e. The molecule has 0 amide bonds. The molecule has 4 N–H and O–H groups in total. The topological polar surface area (TPSA) is 85.2 Å². The van der Waals surface area contributed by atoms with Crippen LogP contribution in [0, 0.1) is 5.92 Å². The molecule has 0 aromatic rings. The first-order valence-corrected chi connectivity index (χ1v) is 5.87. The maximum absolute atomic E-state index is 9.83. The van der Waals surface area contributed by atoms with E-state index in [4.69, 9.17) is 9.84 Å². The molecular formula is C11H20N2O4. The SMILES string of the molecule is CC1=CN(C2CC(C)C(CO)O2)C(O)NC1O. The molecule has 2 rings (SSSR count). The van der Waals surface area contributed by atoms with Crippen molar-refractivity contribution < 1.29 is 20.1 Å². The Bertz CT molecular complexity index is 310. The van der Waals surface area contributed by atoms with E-state index in [9.17, 15) is 10.2 Å². The van der Waals surface area contributed by atoms with Crippen LogP contribution in [0.15, 0.2) is 11.8 Å². The number of rotatable bonds is 2. The number of hydrogen-bond donors (Lipinski definition) is 4. The Morgan fingerprint density at radius 1 is 1.53 bits per heavy atom. The van der Waals surface area contributed by atoms with Crippen LogP contribution in [-0.4, -0.2) is 51.7 Å². The summed E-state index contributed by atoms with van der Waals surface area (Å²) in [6, 6.07) is 0. The summed E-state index contributed by atoms with van der Waals surface area (Å²) in [5, 5.41) is 31.1. The molecule has 2 aliphatic heterocycles. The second-order valence-electron chi connectivity index (χ2n) is 4.79. The number of ether oxygens (including phenoxy) is 1. The molecule has 1 fully saturated rings. The van der Waals surface area contributed by atoms with Gasteiger partial charge in [-0.05, 0) is 24.8 Å². The van der Waals surface area contributed by atoms with Crippen LogP contribution in [-0.2, 0) is 4.74 Å². The van der Waals surface area contributed by atoms with Gasteiger partial charge in [0.2, 0.25) is 0 Å². The van der Waals surface area contributed by atoms with Crippen molar-refractivity contribution in [2.45, 2.75) is 45.2 Å². The molecular weight excluding hydrogens is 224 g/mol. The van der Waals surface area contributed by atoms with E-state index in [-0.39, 0.29) is 24.9 Å². The molecule has 0 saturated carbocycles. The molecule has 1 saturated heterocycles. The molecule has 98 valence electrons. The van der Waals surface area contributed by atoms with Gasteiger partial charge in [0.15, 0.2) is 6.35 Å². The highest BCUT2D eigenvalue weighted by atomic mass is 16.5. The van der Waals surface area contributed by atoms with Gasteiger partial charge in [0, 0.05) is 6.20 Å². The maximum Gasteiger partial charge on any atom is 0.187 e. The third-order valence-electron chi connectivity index (χ3n) is 3.43. The Hall–Kier alpha value is -0.660. The second kappa shape index (κ2) is 4.91. The van der Waals surface area contributed by atoms with E-state index in [1.807, 2.05) is 6.92 Å². The molecule has 5 atom stereocenters. The van der Waals surface area contributed by atoms with E-state index in [0.717, 1.165) is 12.0 Å². The Morgan fingerprint density at radius 3 is 2.82 bits per heavy atom. The zero-order chi connectivity index (χ0) is 12.6. The second-order valence-corrected chi connectivity index (χ2v) is 4.79. The minimum Gasteiger partial charge on any atom is -0.394 e. The van der Waals surface area contributed by atoms with Crippen LogP contribution in [0.25, 0.3) is 0 Å². The summed E-state index contributed by atoms with van der Waals surface area (Å²) in [5.74, 6) is 0.248. The van der Waals surface area contributed by atoms with Gasteiger partial charge >= 0.3 is 0 Å². The molecule has 0 aromatic carbocycles. The van der Waals surface area contributed by atoms with E-state index in [1.165, 1.54) is 0 Å². The van der Waals surface area contributed by atoms with Crippen LogP contribution in [0.2, 0.25) is 0 Å². The van der Waals surface area contributed by atoms with Gasteiger partial charge in [0.05, 0.1) is 12.7 Å². The van der Waals surface area contributed by atoms with Crippen molar-refractivity contribution in [3.63, 3.8) is 0 Å². The van der Waals surface area contributed by atoms with Crippen molar-refractivity contribution in [2.75, 3.05) is 6.61 Å². The van der Waals surface area contributed by atoms with Crippen LogP contribution < -0.4 is 5.32 Å². The zero-order valence-corrected chi connectivity index (χ0v) is 10.1. The van der Waals surface area contributed by atoms with Crippen LogP contribution in [0.1, 0.15) is 20.3 Å². The molecule has 0 aromatic heterocycles. The van der Waals surface area contributed by atoms with Crippen LogP contribution in [0.4, 0.5) is 0 Å². The van der Waals surface area contributed by atoms with Gasteiger partial charge in [-0.25, -0.2) is 5.32 Å². The summed E-state index contributed by atoms with van der Waals surface area (Å²) in [4.78, 5) is 1.63. The van der Waals surface area contributed by atoms with Gasteiger partial charge in [-0.1, -0.05) is 6.92 Å². The van der Waals surface area contributed by atoms with E-state index in [1.54, 1.807) is 18.0 Å². The summed E-state index contributed by atoms with van der Waals surface area (Å²) >= 11 is 0. The molecule has 6 heteroatoms. The monoisotopic (exact) mass is 244 g/mol. The van der Waals surface area contributed by atoms with E-state index < -0.39 is 12.6 Å². The lowest BCUT2D eigenvalue weighted by Gasteiger charge is -2.38. The maximum atomic E-state index is 9.83. The van der Waals surface area contributed by atoms with E-state index in [0.29, 0.717) is 0 Å². The number of aliphatic hydroxyl groups excluding tert-OH is 3. The average molecular weight is 244 g/mol. The Morgan fingerprint density at radius 2 is 2.24 bits per heavy atom. The number of nitrogens with zero attached hydrogens (tertiary/aromatic N) is 1. The summed E-state index contributed by atoms with van der Waals surface area (Å²) in [6.45, 7) is 3.77. The van der Waals surface area contributed by atoms with Crippen molar-refractivity contribution in [3.05, 3.63) is 11.8 Å². The summed E-state index contributed by atoms with van der Waals surface area (Å²) in [5.41, 5.74) is 0.721. The summed E-state index contributed by atoms with van der Waals surface area (Å²) in [7, 11) is 0. The third-order valence-corrected chi connectivity index (χ3v) is 3.43. The Balaban J connectivity index is 2.08. The van der Waals surface area contributed by atoms with Gasteiger partial charge in [-0.15, -0.1) is 0 Å². The molecule has 2 heterocycles. The highest BCUT2D eigenvalue weighted by molar-refractivity contribution is 5.08. The predicted molar refractivity (Wildman–Crippen MR) is 60.3 cm³/mol. The zero-order valence-electron chi connectivity index (χ0n) is 10.1. The molecule has 0 spiro atoms. The minimum atomic E-state index is -0.969. The van der Waals surface area contributed by atoms with E-state index in [2.05, 4.69) is 5.32 Å². The van der Waals surface area contributed by atoms with Gasteiger partial charge in [-0.2, -0.15) is 0 Å². The number of hydrogen-bond acceptors (Lipinski definition) is 6. The first-order valence-electron chi connectivity index (χ1n) is 5.87. The van der Waals surface area contributed by atoms with Crippen LogP contribution in [0.3, 0.4) is 0 Å². The molecule has 6 nitrogen and oxygen atoms in total. The fraction of sp³-hybridized carbons (Fsp3) is 0.818. The van der Waals surface area contributed by atoms with Crippen LogP contribution >= 0.6 is 0 Å². The number of nitrogens with one attached hydrogen (secondary N) is 1. The van der Waals surface area contributed by atoms with Gasteiger partial charge in [-0.3, -0.25) is 0 Å². The van der Waals surface area contributed by atoms with Gasteiger partial charge < -0.3 is 25.0 Å². The predicted octanol–water partition coefficient (Wildman–Crippen LogP) is -0.867. The molecule has 2 aliphatic rings. The first-order chi connectivity index (χ1) is 8.02. The van der Waals surface area contributed by atoms with Crippen molar-refractivity contribution in [3.8, 4) is 0 Å². The quantitative estimate of drug-likeness (QED) is 0.505. The Labute approximate surface area is 100 Å². The van der Waals surface area contributed by atoms with Gasteiger partial charge in [0.25, 0.3) is 0 Å². The summed E-state index contributed by atoms with van der Waals surface area (Å²) < 4.78 is 5.67. The van der Waals surface area contributed by atoms with Crippen molar-refractivity contribution in [2.24, 2.45) is 5.92 Å². The van der Waals surface area contributed by atoms with Gasteiger partial charge in [0.1, 0.15) is 12.5 Å². The van der Waals surface area contributed by atoms with Crippen LogP contribution in [0.5, 0.6) is 0 Å². The van der Waals surface area contributed by atoms with Crippen molar-refractivity contribution in [1.82, 2.24) is 10.2 Å². The Kier molecular flexibility index (Phi) is 3.70. The fourth-order valence-electron chi connectivity index (χ4n) is 2.25. The molecule has 0 radical (unpaired) electrons. The standard InChI is InChI=1S/C11H20N2O4/c1-6-3-9(17-8(6)5-14)13-4-7(2)10(15)12-11(13)16/h4,6,8-12,14-16H,3,5H2,1-2H3. The normalized spacial score (nSPS) is 42.8.